The Bertz CT molecular complexity index is 906. The Labute approximate surface area is 139 Å². The highest BCUT2D eigenvalue weighted by Gasteiger charge is 2.13. The average Bonchev–Trinajstić information content (AvgIpc) is 2.48. The number of sulfonamides is 1. The topological polar surface area (TPSA) is 127 Å². The van der Waals surface area contributed by atoms with Crippen LogP contribution in [0.3, 0.4) is 0 Å². The number of carbonyl (C=O) groups excluding carboxylic acids is 1. The smallest absolute Gasteiger partial charge is 0.335 e. The second kappa shape index (κ2) is 6.81. The minimum atomic E-state index is -3.88. The number of anilines is 1. The maximum Gasteiger partial charge on any atom is 0.335 e. The molecule has 24 heavy (non-hydrogen) atoms. The fourth-order valence-corrected chi connectivity index (χ4v) is 3.00. The lowest BCUT2D eigenvalue weighted by molar-refractivity contribution is -0.115. The van der Waals surface area contributed by atoms with E-state index in [1.165, 1.54) is 18.2 Å². The first kappa shape index (κ1) is 17.6. The van der Waals surface area contributed by atoms with Crippen LogP contribution >= 0.6 is 0 Å². The van der Waals surface area contributed by atoms with Crippen LogP contribution in [-0.4, -0.2) is 25.4 Å². The van der Waals surface area contributed by atoms with Gasteiger partial charge in [-0.25, -0.2) is 18.4 Å². The molecule has 2 aromatic rings. The minimum absolute atomic E-state index is 0.0420. The largest absolute Gasteiger partial charge is 0.478 e. The number of hydrogen-bond acceptors (Lipinski definition) is 4. The van der Waals surface area contributed by atoms with Gasteiger partial charge in [0, 0.05) is 5.69 Å². The van der Waals surface area contributed by atoms with Crippen LogP contribution in [-0.2, 0) is 21.2 Å². The Morgan fingerprint density at radius 2 is 1.88 bits per heavy atom. The van der Waals surface area contributed by atoms with E-state index < -0.39 is 21.9 Å². The number of aromatic carboxylic acids is 1. The zero-order chi connectivity index (χ0) is 17.9. The van der Waals surface area contributed by atoms with E-state index in [0.29, 0.717) is 16.8 Å². The lowest BCUT2D eigenvalue weighted by Crippen LogP contribution is -2.17. The average molecular weight is 348 g/mol. The molecular formula is C16H16N2O5S. The summed E-state index contributed by atoms with van der Waals surface area (Å²) in [7, 11) is -3.88. The van der Waals surface area contributed by atoms with Gasteiger partial charge in [-0.2, -0.15) is 0 Å². The van der Waals surface area contributed by atoms with Gasteiger partial charge < -0.3 is 10.4 Å². The molecule has 0 spiro atoms. The standard InChI is InChI=1S/C16H16N2O5S/c1-10-5-6-13(9-14(10)24(17,22)23)18-15(19)8-11-3-2-4-12(7-11)16(20)21/h2-7,9H,8H2,1H3,(H,18,19)(H,20,21)(H2,17,22,23). The molecular weight excluding hydrogens is 332 g/mol. The summed E-state index contributed by atoms with van der Waals surface area (Å²) in [6.07, 6.45) is -0.0420. The third-order valence-electron chi connectivity index (χ3n) is 3.32. The highest BCUT2D eigenvalue weighted by atomic mass is 32.2. The zero-order valence-corrected chi connectivity index (χ0v) is 13.6. The molecule has 0 atom stereocenters. The predicted octanol–water partition coefficient (Wildman–Crippen LogP) is 1.52. The Morgan fingerprint density at radius 1 is 1.17 bits per heavy atom. The number of carbonyl (C=O) groups is 2. The molecule has 4 N–H and O–H groups in total. The van der Waals surface area contributed by atoms with E-state index in [1.807, 2.05) is 0 Å². The number of primary sulfonamides is 1. The Hall–Kier alpha value is -2.71. The minimum Gasteiger partial charge on any atom is -0.478 e. The second-order valence-corrected chi connectivity index (χ2v) is 6.79. The number of amides is 1. The predicted molar refractivity (Wildman–Crippen MR) is 88.3 cm³/mol. The molecule has 1 amide bonds. The van der Waals surface area contributed by atoms with E-state index in [4.69, 9.17) is 10.2 Å². The van der Waals surface area contributed by atoms with Crippen molar-refractivity contribution in [2.24, 2.45) is 5.14 Å². The highest BCUT2D eigenvalue weighted by Crippen LogP contribution is 2.19. The summed E-state index contributed by atoms with van der Waals surface area (Å²) in [5, 5.41) is 16.6. The second-order valence-electron chi connectivity index (χ2n) is 5.26. The highest BCUT2D eigenvalue weighted by molar-refractivity contribution is 7.89. The van der Waals surface area contributed by atoms with Gasteiger partial charge in [-0.15, -0.1) is 0 Å². The monoisotopic (exact) mass is 348 g/mol. The van der Waals surface area contributed by atoms with E-state index in [9.17, 15) is 18.0 Å². The van der Waals surface area contributed by atoms with Gasteiger partial charge >= 0.3 is 5.97 Å². The first-order chi connectivity index (χ1) is 11.2. The van der Waals surface area contributed by atoms with Crippen LogP contribution in [0.1, 0.15) is 21.5 Å². The molecule has 0 bridgehead atoms. The van der Waals surface area contributed by atoms with Crippen molar-refractivity contribution in [3.05, 3.63) is 59.2 Å². The maximum atomic E-state index is 12.1. The first-order valence-electron chi connectivity index (χ1n) is 6.92. The van der Waals surface area contributed by atoms with Crippen molar-refractivity contribution in [1.29, 1.82) is 0 Å². The molecule has 0 aliphatic carbocycles. The van der Waals surface area contributed by atoms with E-state index in [1.54, 1.807) is 31.2 Å². The molecule has 0 unspecified atom stereocenters. The Morgan fingerprint density at radius 3 is 2.50 bits per heavy atom. The number of aryl methyl sites for hydroxylation is 1. The van der Waals surface area contributed by atoms with Gasteiger partial charge in [0.25, 0.3) is 0 Å². The van der Waals surface area contributed by atoms with Crippen LogP contribution in [0.4, 0.5) is 5.69 Å². The quantitative estimate of drug-likeness (QED) is 0.755. The number of carboxylic acid groups (broad SMARTS) is 1. The lowest BCUT2D eigenvalue weighted by Gasteiger charge is -2.09. The van der Waals surface area contributed by atoms with Gasteiger partial charge in [-0.1, -0.05) is 18.2 Å². The lowest BCUT2D eigenvalue weighted by atomic mass is 10.1. The number of nitrogens with two attached hydrogens (primary N) is 1. The summed E-state index contributed by atoms with van der Waals surface area (Å²) < 4.78 is 23.0. The summed E-state index contributed by atoms with van der Waals surface area (Å²) in [5.41, 5.74) is 1.40. The summed E-state index contributed by atoms with van der Waals surface area (Å²) in [6, 6.07) is 10.4. The number of nitrogens with one attached hydrogen (secondary N) is 1. The number of benzene rings is 2. The summed E-state index contributed by atoms with van der Waals surface area (Å²) in [6.45, 7) is 1.60. The van der Waals surface area contributed by atoms with Crippen molar-refractivity contribution in [2.45, 2.75) is 18.2 Å². The van der Waals surface area contributed by atoms with Crippen LogP contribution in [0.15, 0.2) is 47.4 Å². The van der Waals surface area contributed by atoms with Gasteiger partial charge in [0.2, 0.25) is 15.9 Å². The summed E-state index contributed by atoms with van der Waals surface area (Å²) in [5.74, 6) is -1.48. The van der Waals surface area contributed by atoms with E-state index in [0.717, 1.165) is 0 Å². The van der Waals surface area contributed by atoms with Crippen molar-refractivity contribution in [3.8, 4) is 0 Å². The van der Waals surface area contributed by atoms with Gasteiger partial charge in [0.15, 0.2) is 0 Å². The van der Waals surface area contributed by atoms with Crippen LogP contribution in [0.5, 0.6) is 0 Å². The molecule has 8 heteroatoms. The SMILES string of the molecule is Cc1ccc(NC(=O)Cc2cccc(C(=O)O)c2)cc1S(N)(=O)=O. The molecule has 0 fully saturated rings. The molecule has 2 aromatic carbocycles. The Kier molecular flexibility index (Phi) is 5.01. The van der Waals surface area contributed by atoms with Crippen molar-refractivity contribution < 1.29 is 23.1 Å². The molecule has 2 rings (SSSR count). The summed E-state index contributed by atoms with van der Waals surface area (Å²) >= 11 is 0. The van der Waals surface area contributed by atoms with Crippen molar-refractivity contribution in [2.75, 3.05) is 5.32 Å². The van der Waals surface area contributed by atoms with Crippen molar-refractivity contribution in [1.82, 2.24) is 0 Å². The molecule has 0 aromatic heterocycles. The molecule has 0 heterocycles. The molecule has 0 saturated carbocycles. The van der Waals surface area contributed by atoms with Crippen LogP contribution < -0.4 is 10.5 Å². The molecule has 126 valence electrons. The van der Waals surface area contributed by atoms with Crippen molar-refractivity contribution in [3.63, 3.8) is 0 Å². The van der Waals surface area contributed by atoms with Crippen LogP contribution in [0.25, 0.3) is 0 Å². The third-order valence-corrected chi connectivity index (χ3v) is 4.37. The van der Waals surface area contributed by atoms with Crippen LogP contribution in [0.2, 0.25) is 0 Å². The fraction of sp³-hybridized carbons (Fsp3) is 0.125. The summed E-state index contributed by atoms with van der Waals surface area (Å²) in [4.78, 5) is 22.9. The number of hydrogen-bond donors (Lipinski definition) is 3. The number of carboxylic acids is 1. The maximum absolute atomic E-state index is 12.1. The van der Waals surface area contributed by atoms with Gasteiger partial charge in [0.05, 0.1) is 16.9 Å². The first-order valence-corrected chi connectivity index (χ1v) is 8.47. The van der Waals surface area contributed by atoms with E-state index in [2.05, 4.69) is 5.32 Å². The normalized spacial score (nSPS) is 11.1. The van der Waals surface area contributed by atoms with Gasteiger partial charge in [0.1, 0.15) is 0 Å². The molecule has 0 radical (unpaired) electrons. The molecule has 0 aliphatic heterocycles. The van der Waals surface area contributed by atoms with E-state index >= 15 is 0 Å². The van der Waals surface area contributed by atoms with Crippen LogP contribution in [0, 0.1) is 6.92 Å². The Balaban J connectivity index is 2.16. The molecule has 0 aliphatic rings. The van der Waals surface area contributed by atoms with Gasteiger partial charge in [-0.3, -0.25) is 4.79 Å². The molecule has 7 nitrogen and oxygen atoms in total. The molecule has 0 saturated heterocycles. The fourth-order valence-electron chi connectivity index (χ4n) is 2.19. The zero-order valence-electron chi connectivity index (χ0n) is 12.8. The van der Waals surface area contributed by atoms with E-state index in [-0.39, 0.29) is 16.9 Å². The van der Waals surface area contributed by atoms with Gasteiger partial charge in [-0.05, 0) is 42.3 Å². The third kappa shape index (κ3) is 4.40. The van der Waals surface area contributed by atoms with Crippen molar-refractivity contribution >= 4 is 27.6 Å². The number of rotatable bonds is 5.